The summed E-state index contributed by atoms with van der Waals surface area (Å²) in [4.78, 5) is 2.55. The van der Waals surface area contributed by atoms with Crippen LogP contribution < -0.4 is 4.90 Å². The Hall–Kier alpha value is -0.980. The van der Waals surface area contributed by atoms with E-state index < -0.39 is 0 Å². The highest BCUT2D eigenvalue weighted by atomic mass is 15.2. The predicted octanol–water partition coefficient (Wildman–Crippen LogP) is 3.58. The first kappa shape index (κ1) is 10.5. The summed E-state index contributed by atoms with van der Waals surface area (Å²) in [5, 5.41) is 0. The van der Waals surface area contributed by atoms with Crippen LogP contribution in [0.2, 0.25) is 0 Å². The lowest BCUT2D eigenvalue weighted by Gasteiger charge is -2.27. The monoisotopic (exact) mass is 203 g/mol. The van der Waals surface area contributed by atoms with Gasteiger partial charge in [-0.05, 0) is 37.3 Å². The van der Waals surface area contributed by atoms with Gasteiger partial charge in [-0.3, -0.25) is 0 Å². The van der Waals surface area contributed by atoms with Crippen LogP contribution in [0.25, 0.3) is 0 Å². The Kier molecular flexibility index (Phi) is 2.72. The third-order valence-electron chi connectivity index (χ3n) is 3.31. The molecule has 0 fully saturated rings. The fourth-order valence-corrected chi connectivity index (χ4v) is 2.50. The van der Waals surface area contributed by atoms with E-state index in [0.717, 1.165) is 0 Å². The van der Waals surface area contributed by atoms with E-state index in [1.165, 1.54) is 29.8 Å². The number of hydrogen-bond acceptors (Lipinski definition) is 1. The summed E-state index contributed by atoms with van der Waals surface area (Å²) in [6.45, 7) is 10.3. The van der Waals surface area contributed by atoms with Gasteiger partial charge in [-0.2, -0.15) is 0 Å². The number of fused-ring (bicyclic) bond motifs is 1. The fraction of sp³-hybridized carbons (Fsp3) is 0.571. The number of anilines is 1. The van der Waals surface area contributed by atoms with E-state index in [9.17, 15) is 0 Å². The molecule has 1 aromatic rings. The van der Waals surface area contributed by atoms with E-state index in [1.807, 2.05) is 0 Å². The lowest BCUT2D eigenvalue weighted by atomic mass is 9.98. The third kappa shape index (κ3) is 1.75. The number of nitrogens with zero attached hydrogens (tertiary/aromatic N) is 1. The molecule has 0 aliphatic carbocycles. The third-order valence-corrected chi connectivity index (χ3v) is 3.31. The second-order valence-corrected chi connectivity index (χ2v) is 5.05. The molecule has 0 bridgehead atoms. The first-order chi connectivity index (χ1) is 7.11. The van der Waals surface area contributed by atoms with Crippen molar-refractivity contribution in [2.75, 3.05) is 11.4 Å². The maximum Gasteiger partial charge on any atom is 0.0437 e. The molecule has 1 nitrogen and oxygen atoms in total. The molecule has 0 N–H and O–H groups in total. The lowest BCUT2D eigenvalue weighted by molar-refractivity contribution is 0.703. The van der Waals surface area contributed by atoms with Crippen molar-refractivity contribution in [3.8, 4) is 0 Å². The largest absolute Gasteiger partial charge is 0.368 e. The molecule has 0 amide bonds. The van der Waals surface area contributed by atoms with Crippen LogP contribution in [0, 0.1) is 0 Å². The van der Waals surface area contributed by atoms with Crippen LogP contribution in [-0.2, 0) is 6.42 Å². The summed E-state index contributed by atoms with van der Waals surface area (Å²) in [6, 6.07) is 7.39. The molecule has 0 atom stereocenters. The smallest absolute Gasteiger partial charge is 0.0437 e. The van der Waals surface area contributed by atoms with E-state index in [2.05, 4.69) is 50.8 Å². The van der Waals surface area contributed by atoms with Gasteiger partial charge in [-0.15, -0.1) is 0 Å². The van der Waals surface area contributed by atoms with Gasteiger partial charge in [-0.1, -0.05) is 32.0 Å². The topological polar surface area (TPSA) is 3.24 Å². The molecule has 1 heteroatoms. The van der Waals surface area contributed by atoms with Crippen molar-refractivity contribution in [1.82, 2.24) is 0 Å². The van der Waals surface area contributed by atoms with E-state index in [-0.39, 0.29) is 0 Å². The summed E-state index contributed by atoms with van der Waals surface area (Å²) in [6.07, 6.45) is 1.22. The van der Waals surface area contributed by atoms with E-state index in [1.54, 1.807) is 0 Å². The minimum absolute atomic E-state index is 0.617. The minimum Gasteiger partial charge on any atom is -0.368 e. The van der Waals surface area contributed by atoms with Crippen molar-refractivity contribution < 1.29 is 0 Å². The van der Waals surface area contributed by atoms with Crippen LogP contribution in [-0.4, -0.2) is 12.6 Å². The highest BCUT2D eigenvalue weighted by Gasteiger charge is 2.24. The molecule has 1 aromatic carbocycles. The summed E-state index contributed by atoms with van der Waals surface area (Å²) in [5.41, 5.74) is 4.57. The molecule has 1 aliphatic heterocycles. The highest BCUT2D eigenvalue weighted by Crippen LogP contribution is 2.36. The van der Waals surface area contributed by atoms with Crippen LogP contribution in [0.1, 0.15) is 44.7 Å². The molecule has 1 heterocycles. The predicted molar refractivity (Wildman–Crippen MR) is 66.7 cm³/mol. The lowest BCUT2D eigenvalue weighted by Crippen LogP contribution is -2.29. The van der Waals surface area contributed by atoms with Gasteiger partial charge in [0.2, 0.25) is 0 Å². The van der Waals surface area contributed by atoms with Crippen molar-refractivity contribution in [3.05, 3.63) is 29.3 Å². The number of para-hydroxylation sites is 1. The van der Waals surface area contributed by atoms with Crippen molar-refractivity contribution in [1.29, 1.82) is 0 Å². The van der Waals surface area contributed by atoms with Crippen LogP contribution in [0.15, 0.2) is 18.2 Å². The first-order valence-electron chi connectivity index (χ1n) is 5.99. The molecule has 0 radical (unpaired) electrons. The van der Waals surface area contributed by atoms with Crippen molar-refractivity contribution in [2.24, 2.45) is 0 Å². The average Bonchev–Trinajstić information content (AvgIpc) is 2.60. The number of rotatable bonds is 2. The van der Waals surface area contributed by atoms with E-state index in [4.69, 9.17) is 0 Å². The van der Waals surface area contributed by atoms with E-state index in [0.29, 0.717) is 12.0 Å². The maximum atomic E-state index is 2.55. The molecule has 1 aliphatic rings. The van der Waals surface area contributed by atoms with E-state index >= 15 is 0 Å². The Morgan fingerprint density at radius 2 is 1.87 bits per heavy atom. The van der Waals surface area contributed by atoms with Gasteiger partial charge in [0.15, 0.2) is 0 Å². The summed E-state index contributed by atoms with van der Waals surface area (Å²) in [7, 11) is 0. The molecule has 0 unspecified atom stereocenters. The Bertz CT molecular complexity index is 352. The second-order valence-electron chi connectivity index (χ2n) is 5.05. The number of benzene rings is 1. The quantitative estimate of drug-likeness (QED) is 0.710. The van der Waals surface area contributed by atoms with Crippen LogP contribution >= 0.6 is 0 Å². The molecule has 0 saturated carbocycles. The van der Waals surface area contributed by atoms with Gasteiger partial charge >= 0.3 is 0 Å². The SMILES string of the molecule is CC(C)c1cccc2c1N(C(C)C)CC2. The molecular weight excluding hydrogens is 182 g/mol. The Morgan fingerprint density at radius 1 is 1.13 bits per heavy atom. The van der Waals surface area contributed by atoms with Crippen molar-refractivity contribution in [2.45, 2.75) is 46.1 Å². The number of hydrogen-bond donors (Lipinski definition) is 0. The van der Waals surface area contributed by atoms with Crippen LogP contribution in [0.4, 0.5) is 5.69 Å². The minimum atomic E-state index is 0.617. The normalized spacial score (nSPS) is 15.2. The second kappa shape index (κ2) is 3.88. The Labute approximate surface area is 93.1 Å². The van der Waals surface area contributed by atoms with Crippen molar-refractivity contribution >= 4 is 5.69 Å². The van der Waals surface area contributed by atoms with Gasteiger partial charge in [0.25, 0.3) is 0 Å². The van der Waals surface area contributed by atoms with Crippen molar-refractivity contribution in [3.63, 3.8) is 0 Å². The molecule has 15 heavy (non-hydrogen) atoms. The Morgan fingerprint density at radius 3 is 2.47 bits per heavy atom. The highest BCUT2D eigenvalue weighted by molar-refractivity contribution is 5.64. The standard InChI is InChI=1S/C14H21N/c1-10(2)13-7-5-6-12-8-9-15(11(3)4)14(12)13/h5-7,10-11H,8-9H2,1-4H3. The summed E-state index contributed by atoms with van der Waals surface area (Å²) >= 11 is 0. The van der Waals surface area contributed by atoms with Gasteiger partial charge in [0.1, 0.15) is 0 Å². The molecular formula is C14H21N. The van der Waals surface area contributed by atoms with Gasteiger partial charge in [-0.25, -0.2) is 0 Å². The zero-order valence-corrected chi connectivity index (χ0v) is 10.2. The van der Waals surface area contributed by atoms with Crippen LogP contribution in [0.5, 0.6) is 0 Å². The molecule has 0 aromatic heterocycles. The molecule has 0 saturated heterocycles. The molecule has 2 rings (SSSR count). The summed E-state index contributed by atoms with van der Waals surface area (Å²) < 4.78 is 0. The molecule has 0 spiro atoms. The van der Waals surface area contributed by atoms with Gasteiger partial charge in [0.05, 0.1) is 0 Å². The van der Waals surface area contributed by atoms with Gasteiger partial charge < -0.3 is 4.90 Å². The zero-order chi connectivity index (χ0) is 11.0. The average molecular weight is 203 g/mol. The fourth-order valence-electron chi connectivity index (χ4n) is 2.50. The summed E-state index contributed by atoms with van der Waals surface area (Å²) in [5.74, 6) is 0.624. The van der Waals surface area contributed by atoms with Crippen LogP contribution in [0.3, 0.4) is 0 Å². The molecule has 82 valence electrons. The Balaban J connectivity index is 2.48. The zero-order valence-electron chi connectivity index (χ0n) is 10.2. The first-order valence-corrected chi connectivity index (χ1v) is 5.99. The van der Waals surface area contributed by atoms with Gasteiger partial charge in [0, 0.05) is 18.3 Å². The maximum absolute atomic E-state index is 2.55.